The van der Waals surface area contributed by atoms with Gasteiger partial charge in [0.2, 0.25) is 0 Å². The van der Waals surface area contributed by atoms with Gasteiger partial charge in [-0.3, -0.25) is 0 Å². The maximum atomic E-state index is 8.99. The van der Waals surface area contributed by atoms with Crippen LogP contribution in [0.25, 0.3) is 187 Å². The summed E-state index contributed by atoms with van der Waals surface area (Å²) in [6, 6.07) is 109. The highest BCUT2D eigenvalue weighted by Gasteiger charge is 2.21. The summed E-state index contributed by atoms with van der Waals surface area (Å²) in [4.78, 5) is 0. The van der Waals surface area contributed by atoms with E-state index in [1.807, 2.05) is 30.3 Å². The molecule has 0 aliphatic rings. The average molecular weight is 1340 g/mol. The number of fused-ring (bicyclic) bond motifs is 18. The van der Waals surface area contributed by atoms with Crippen molar-refractivity contribution in [3.63, 3.8) is 0 Å². The van der Waals surface area contributed by atoms with E-state index in [-0.39, 0.29) is 46.0 Å². The Morgan fingerprint density at radius 1 is 0.173 bits per heavy atom. The minimum absolute atomic E-state index is 0.0509. The molecule has 0 atom stereocenters. The van der Waals surface area contributed by atoms with Crippen LogP contribution in [0.1, 0.15) is 22.1 Å². The summed E-state index contributed by atoms with van der Waals surface area (Å²) in [6.45, 7) is 4.35. The molecule has 0 N–H and O–H groups in total. The van der Waals surface area contributed by atoms with Gasteiger partial charge in [-0.2, -0.15) is 0 Å². The first kappa shape index (κ1) is 51.5. The van der Waals surface area contributed by atoms with Crippen LogP contribution in [-0.4, -0.2) is 27.4 Å². The van der Waals surface area contributed by atoms with Gasteiger partial charge in [0, 0.05) is 98.8 Å². The van der Waals surface area contributed by atoms with E-state index in [4.69, 9.17) is 11.0 Å². The van der Waals surface area contributed by atoms with Crippen molar-refractivity contribution in [2.75, 3.05) is 0 Å². The molecule has 0 fully saturated rings. The molecule has 0 unspecified atom stereocenters. The molecule has 16 aromatic carbocycles. The largest absolute Gasteiger partial charge is 0.309 e. The quantitative estimate of drug-likeness (QED) is 0.145. The van der Waals surface area contributed by atoms with Gasteiger partial charge >= 0.3 is 0 Å². The first-order chi connectivity index (χ1) is 54.7. The molecule has 6 nitrogen and oxygen atoms in total. The second-order valence-corrected chi connectivity index (χ2v) is 27.2. The lowest BCUT2D eigenvalue weighted by atomic mass is 10.0. The summed E-state index contributed by atoms with van der Waals surface area (Å²) in [6.07, 6.45) is 0. The molecular formula is C98H66N6. The van der Waals surface area contributed by atoms with E-state index in [1.165, 1.54) is 104 Å². The minimum Gasteiger partial charge on any atom is -0.309 e. The smallest absolute Gasteiger partial charge is 0.0645 e. The van der Waals surface area contributed by atoms with E-state index in [1.54, 1.807) is 10.6 Å². The monoisotopic (exact) mass is 1330 g/mol. The second kappa shape index (κ2) is 23.5. The summed E-state index contributed by atoms with van der Waals surface area (Å²) >= 11 is 0. The Morgan fingerprint density at radius 3 is 0.750 bits per heavy atom. The molecule has 0 aliphatic heterocycles. The first-order valence-corrected chi connectivity index (χ1v) is 35.2. The Kier molecular flexibility index (Phi) is 11.6. The third kappa shape index (κ3) is 9.22. The lowest BCUT2D eigenvalue weighted by molar-refractivity contribution is 1.13. The van der Waals surface area contributed by atoms with Gasteiger partial charge in [0.1, 0.15) is 0 Å². The number of para-hydroxylation sites is 8. The zero-order chi connectivity index (χ0) is 75.6. The van der Waals surface area contributed by atoms with Crippen molar-refractivity contribution < 1.29 is 11.0 Å². The van der Waals surface area contributed by atoms with Crippen molar-refractivity contribution in [2.45, 2.75) is 13.8 Å². The zero-order valence-electron chi connectivity index (χ0n) is 64.7. The highest BCUT2D eigenvalue weighted by Crippen LogP contribution is 2.43. The average Bonchev–Trinajstić information content (AvgIpc) is 1.54. The molecule has 6 aromatic heterocycles. The molecule has 0 saturated carbocycles. The molecule has 22 rings (SSSR count). The third-order valence-electron chi connectivity index (χ3n) is 21.2. The van der Waals surface area contributed by atoms with Crippen molar-refractivity contribution in [3.05, 3.63) is 375 Å². The van der Waals surface area contributed by atoms with Crippen LogP contribution in [0.4, 0.5) is 0 Å². The summed E-state index contributed by atoms with van der Waals surface area (Å²) in [7, 11) is 0. The van der Waals surface area contributed by atoms with E-state index in [0.29, 0.717) is 5.69 Å². The highest BCUT2D eigenvalue weighted by atomic mass is 15.0. The third-order valence-corrected chi connectivity index (χ3v) is 21.2. The van der Waals surface area contributed by atoms with Crippen LogP contribution in [0.5, 0.6) is 0 Å². The fourth-order valence-electron chi connectivity index (χ4n) is 16.7. The SMILES string of the molecule is Cc1ccc2c(c1)c1cc(C)ccc1n2-c1cccc(-c2ccc3c(c2)c2ccccc2n3-c2cccc(-n3c4ccccc4c4ccccc43)c2)c1.[2H]c1c([2H])c([2H])c2c(c1[2H])c1c([2H])c([2H])c([2H])c([2H])c1n2-c1cccc(-n2c3ccccc3c3cc(-c4cccc(-n5c6ccccc6c6ccccc65)c4)ccc32)c1. The van der Waals surface area contributed by atoms with Crippen molar-refractivity contribution in [1.82, 2.24) is 27.4 Å². The minimum atomic E-state index is -0.467. The lowest BCUT2D eigenvalue weighted by Gasteiger charge is -2.13. The van der Waals surface area contributed by atoms with Gasteiger partial charge in [-0.25, -0.2) is 0 Å². The van der Waals surface area contributed by atoms with Gasteiger partial charge in [-0.1, -0.05) is 217 Å². The fraction of sp³-hybridized carbons (Fsp3) is 0.0204. The van der Waals surface area contributed by atoms with Gasteiger partial charge in [0.15, 0.2) is 0 Å². The zero-order valence-corrected chi connectivity index (χ0v) is 56.7. The molecule has 0 aliphatic carbocycles. The molecule has 6 heteroatoms. The van der Waals surface area contributed by atoms with Crippen molar-refractivity contribution in [1.29, 1.82) is 0 Å². The van der Waals surface area contributed by atoms with E-state index >= 15 is 0 Å². The second-order valence-electron chi connectivity index (χ2n) is 27.2. The molecule has 0 saturated heterocycles. The standard InChI is InChI=1S/C50H35N3.C48H31N3/c1-32-21-24-48-42(27-32)43-28-33(2)22-25-49(43)51(48)36-12-9-11-34(29-36)35-23-26-50-44(30-35)41-17-5-8-20-47(41)53(50)38-14-10-13-37(31-38)52-45-18-6-3-15-39(45)40-16-4-7-19-46(40)52;1-6-22-43-37(17-1)38-18-2-7-23-44(38)49(43)34-14-11-13-32(29-34)33-27-28-48-42(30-33)41-21-5-10-26-47(41)51(48)36-16-12-15-35(31-36)50-45-24-8-3-19-39(45)40-20-4-9-25-46(40)50/h3-31H,1-2H3;1-31H/i;3D,4D,8D,9D,19D,20D,24D,25D. The summed E-state index contributed by atoms with van der Waals surface area (Å²) < 4.78 is 82.9. The number of nitrogens with zero attached hydrogens (tertiary/aromatic N) is 6. The summed E-state index contributed by atoms with van der Waals surface area (Å²) in [5, 5.41) is 12.2. The van der Waals surface area contributed by atoms with Crippen molar-refractivity contribution >= 4 is 131 Å². The van der Waals surface area contributed by atoms with E-state index in [2.05, 4.69) is 316 Å². The van der Waals surface area contributed by atoms with Crippen molar-refractivity contribution in [2.24, 2.45) is 0 Å². The molecule has 0 bridgehead atoms. The van der Waals surface area contributed by atoms with E-state index in [0.717, 1.165) is 66.7 Å². The predicted octanol–water partition coefficient (Wildman–Crippen LogP) is 25.9. The van der Waals surface area contributed by atoms with Gasteiger partial charge in [-0.05, 0) is 194 Å². The molecule has 22 aromatic rings. The summed E-state index contributed by atoms with van der Waals surface area (Å²) in [5.74, 6) is 0. The topological polar surface area (TPSA) is 29.6 Å². The van der Waals surface area contributed by atoms with Gasteiger partial charge < -0.3 is 27.4 Å². The van der Waals surface area contributed by atoms with Crippen LogP contribution >= 0.6 is 0 Å². The number of aromatic nitrogens is 6. The Hall–Kier alpha value is -13.7. The van der Waals surface area contributed by atoms with Gasteiger partial charge in [-0.15, -0.1) is 0 Å². The van der Waals surface area contributed by atoms with E-state index < -0.39 is 24.2 Å². The van der Waals surface area contributed by atoms with Crippen LogP contribution in [0, 0.1) is 13.8 Å². The molecule has 488 valence electrons. The Balaban J connectivity index is 0.000000142. The Morgan fingerprint density at radius 2 is 0.413 bits per heavy atom. The Bertz CT molecular complexity index is 7550. The molecule has 0 radical (unpaired) electrons. The number of rotatable bonds is 8. The number of benzene rings is 16. The molecule has 0 spiro atoms. The number of aryl methyl sites for hydroxylation is 2. The van der Waals surface area contributed by atoms with Gasteiger partial charge in [0.25, 0.3) is 0 Å². The lowest BCUT2D eigenvalue weighted by Crippen LogP contribution is -1.98. The number of hydrogen-bond donors (Lipinski definition) is 0. The molecule has 0 amide bonds. The maximum absolute atomic E-state index is 8.99. The maximum Gasteiger partial charge on any atom is 0.0645 e. The normalized spacial score (nSPS) is 13.0. The van der Waals surface area contributed by atoms with Crippen LogP contribution in [0.15, 0.2) is 364 Å². The fourth-order valence-corrected chi connectivity index (χ4v) is 16.7. The molecule has 6 heterocycles. The summed E-state index contributed by atoms with van der Waals surface area (Å²) in [5.41, 5.74) is 24.5. The van der Waals surface area contributed by atoms with Crippen LogP contribution < -0.4 is 0 Å². The first-order valence-electron chi connectivity index (χ1n) is 39.2. The number of hydrogen-bond acceptors (Lipinski definition) is 0. The van der Waals surface area contributed by atoms with Crippen LogP contribution in [0.2, 0.25) is 0 Å². The van der Waals surface area contributed by atoms with Crippen LogP contribution in [-0.2, 0) is 0 Å². The Labute approximate surface area is 611 Å². The van der Waals surface area contributed by atoms with Crippen molar-refractivity contribution in [3.8, 4) is 56.4 Å². The van der Waals surface area contributed by atoms with E-state index in [9.17, 15) is 0 Å². The molecular weight excluding hydrogens is 1260 g/mol. The predicted molar refractivity (Wildman–Crippen MR) is 439 cm³/mol. The highest BCUT2D eigenvalue weighted by molar-refractivity contribution is 6.15. The van der Waals surface area contributed by atoms with Gasteiger partial charge in [0.05, 0.1) is 77.2 Å². The molecule has 104 heavy (non-hydrogen) atoms. The van der Waals surface area contributed by atoms with Crippen LogP contribution in [0.3, 0.4) is 0 Å².